The molecule has 0 spiro atoms. The Morgan fingerprint density at radius 1 is 1.26 bits per heavy atom. The fraction of sp³-hybridized carbons (Fsp3) is 0.200. The number of ether oxygens (including phenoxy) is 1. The van der Waals surface area contributed by atoms with Gasteiger partial charge in [-0.1, -0.05) is 29.8 Å². The first-order valence-electron chi connectivity index (χ1n) is 6.03. The Balaban J connectivity index is 2.17. The Morgan fingerprint density at radius 3 is 2.74 bits per heavy atom. The summed E-state index contributed by atoms with van der Waals surface area (Å²) >= 11 is 6.04. The van der Waals surface area contributed by atoms with E-state index in [4.69, 9.17) is 22.1 Å². The molecule has 2 rings (SSSR count). The van der Waals surface area contributed by atoms with Crippen LogP contribution in [-0.2, 0) is 6.54 Å². The first-order valence-corrected chi connectivity index (χ1v) is 6.41. The second kappa shape index (κ2) is 5.85. The molecule has 3 N–H and O–H groups in total. The molecule has 0 fully saturated rings. The normalized spacial score (nSPS) is 10.3. The van der Waals surface area contributed by atoms with Crippen molar-refractivity contribution in [1.82, 2.24) is 0 Å². The van der Waals surface area contributed by atoms with E-state index in [-0.39, 0.29) is 0 Å². The average Bonchev–Trinajstić information content (AvgIpc) is 2.41. The number of rotatable bonds is 4. The van der Waals surface area contributed by atoms with E-state index in [1.54, 1.807) is 7.11 Å². The molecule has 0 radical (unpaired) electrons. The van der Waals surface area contributed by atoms with Gasteiger partial charge < -0.3 is 15.8 Å². The van der Waals surface area contributed by atoms with Gasteiger partial charge in [-0.25, -0.2) is 0 Å². The topological polar surface area (TPSA) is 47.3 Å². The first-order chi connectivity index (χ1) is 9.11. The van der Waals surface area contributed by atoms with Gasteiger partial charge in [-0.15, -0.1) is 0 Å². The van der Waals surface area contributed by atoms with E-state index >= 15 is 0 Å². The number of nitrogen functional groups attached to an aromatic ring is 1. The molecule has 2 aromatic rings. The molecule has 2 aromatic carbocycles. The van der Waals surface area contributed by atoms with Gasteiger partial charge in [0.1, 0.15) is 5.75 Å². The third-order valence-electron chi connectivity index (χ3n) is 3.01. The number of para-hydroxylation sites is 1. The Bertz CT molecular complexity index is 584. The van der Waals surface area contributed by atoms with Gasteiger partial charge >= 0.3 is 0 Å². The van der Waals surface area contributed by atoms with Crippen molar-refractivity contribution in [3.05, 3.63) is 52.5 Å². The van der Waals surface area contributed by atoms with Crippen LogP contribution >= 0.6 is 11.6 Å². The Hall–Kier alpha value is -1.87. The van der Waals surface area contributed by atoms with Gasteiger partial charge in [0.2, 0.25) is 0 Å². The SMILES string of the molecule is COc1ccccc1CNc1cc(Cl)c(N)cc1C. The number of nitrogens with two attached hydrogens (primary N) is 1. The minimum Gasteiger partial charge on any atom is -0.496 e. The minimum atomic E-state index is 0.563. The number of benzene rings is 2. The van der Waals surface area contributed by atoms with Crippen molar-refractivity contribution < 1.29 is 4.74 Å². The van der Waals surface area contributed by atoms with Gasteiger partial charge in [-0.05, 0) is 30.7 Å². The summed E-state index contributed by atoms with van der Waals surface area (Å²) in [6.07, 6.45) is 0. The van der Waals surface area contributed by atoms with Crippen LogP contribution in [0.25, 0.3) is 0 Å². The van der Waals surface area contributed by atoms with Crippen molar-refractivity contribution in [2.75, 3.05) is 18.2 Å². The highest BCUT2D eigenvalue weighted by Gasteiger charge is 2.05. The van der Waals surface area contributed by atoms with Crippen LogP contribution in [0.3, 0.4) is 0 Å². The molecule has 19 heavy (non-hydrogen) atoms. The molecule has 0 unspecified atom stereocenters. The third-order valence-corrected chi connectivity index (χ3v) is 3.33. The molecule has 0 heterocycles. The molecular weight excluding hydrogens is 260 g/mol. The lowest BCUT2D eigenvalue weighted by atomic mass is 10.1. The molecule has 0 atom stereocenters. The van der Waals surface area contributed by atoms with E-state index in [0.29, 0.717) is 17.3 Å². The maximum atomic E-state index is 6.04. The molecule has 0 aromatic heterocycles. The van der Waals surface area contributed by atoms with Gasteiger partial charge in [0.05, 0.1) is 17.8 Å². The zero-order valence-corrected chi connectivity index (χ0v) is 11.8. The molecule has 0 aliphatic rings. The van der Waals surface area contributed by atoms with E-state index in [0.717, 1.165) is 22.6 Å². The molecule has 3 nitrogen and oxygen atoms in total. The van der Waals surface area contributed by atoms with Gasteiger partial charge in [-0.3, -0.25) is 0 Å². The number of anilines is 2. The zero-order chi connectivity index (χ0) is 13.8. The average molecular weight is 277 g/mol. The van der Waals surface area contributed by atoms with E-state index < -0.39 is 0 Å². The highest BCUT2D eigenvalue weighted by atomic mass is 35.5. The van der Waals surface area contributed by atoms with E-state index in [2.05, 4.69) is 5.32 Å². The summed E-state index contributed by atoms with van der Waals surface area (Å²) in [5.74, 6) is 0.870. The van der Waals surface area contributed by atoms with E-state index in [1.165, 1.54) is 0 Å². The lowest BCUT2D eigenvalue weighted by Crippen LogP contribution is -2.03. The van der Waals surface area contributed by atoms with Crippen molar-refractivity contribution in [3.8, 4) is 5.75 Å². The molecular formula is C15H17ClN2O. The van der Waals surface area contributed by atoms with Crippen LogP contribution in [-0.4, -0.2) is 7.11 Å². The second-order valence-corrected chi connectivity index (χ2v) is 4.76. The molecule has 0 amide bonds. The van der Waals surface area contributed by atoms with Gasteiger partial charge in [0, 0.05) is 17.8 Å². The van der Waals surface area contributed by atoms with Crippen molar-refractivity contribution in [1.29, 1.82) is 0 Å². The molecule has 0 saturated heterocycles. The Kier molecular flexibility index (Phi) is 4.17. The third kappa shape index (κ3) is 3.12. The number of hydrogen-bond donors (Lipinski definition) is 2. The first kappa shape index (κ1) is 13.6. The molecule has 0 saturated carbocycles. The van der Waals surface area contributed by atoms with Crippen LogP contribution in [0, 0.1) is 6.92 Å². The van der Waals surface area contributed by atoms with Gasteiger partial charge in [0.15, 0.2) is 0 Å². The van der Waals surface area contributed by atoms with Crippen LogP contribution in [0.2, 0.25) is 5.02 Å². The van der Waals surface area contributed by atoms with Crippen LogP contribution in [0.15, 0.2) is 36.4 Å². The van der Waals surface area contributed by atoms with Crippen LogP contribution in [0.4, 0.5) is 11.4 Å². The number of methoxy groups -OCH3 is 1. The number of hydrogen-bond acceptors (Lipinski definition) is 3. The van der Waals surface area contributed by atoms with Gasteiger partial charge in [-0.2, -0.15) is 0 Å². The summed E-state index contributed by atoms with van der Waals surface area (Å²) in [5.41, 5.74) is 9.50. The predicted octanol–water partition coefficient (Wildman–Crippen LogP) is 3.85. The van der Waals surface area contributed by atoms with Crippen molar-refractivity contribution in [2.45, 2.75) is 13.5 Å². The number of nitrogens with one attached hydrogen (secondary N) is 1. The molecule has 0 bridgehead atoms. The lowest BCUT2D eigenvalue weighted by Gasteiger charge is -2.13. The summed E-state index contributed by atoms with van der Waals surface area (Å²) in [6.45, 7) is 2.67. The van der Waals surface area contributed by atoms with Crippen molar-refractivity contribution in [3.63, 3.8) is 0 Å². The van der Waals surface area contributed by atoms with Crippen LogP contribution in [0.1, 0.15) is 11.1 Å². The van der Waals surface area contributed by atoms with Crippen molar-refractivity contribution >= 4 is 23.0 Å². The second-order valence-electron chi connectivity index (χ2n) is 4.35. The van der Waals surface area contributed by atoms with Crippen molar-refractivity contribution in [2.24, 2.45) is 0 Å². The maximum absolute atomic E-state index is 6.04. The minimum absolute atomic E-state index is 0.563. The van der Waals surface area contributed by atoms with Gasteiger partial charge in [0.25, 0.3) is 0 Å². The summed E-state index contributed by atoms with van der Waals surface area (Å²) in [7, 11) is 1.67. The zero-order valence-electron chi connectivity index (χ0n) is 11.0. The monoisotopic (exact) mass is 276 g/mol. The smallest absolute Gasteiger partial charge is 0.123 e. The fourth-order valence-electron chi connectivity index (χ4n) is 1.93. The molecule has 0 aliphatic carbocycles. The lowest BCUT2D eigenvalue weighted by molar-refractivity contribution is 0.410. The largest absolute Gasteiger partial charge is 0.496 e. The number of aryl methyl sites for hydroxylation is 1. The summed E-state index contributed by atoms with van der Waals surface area (Å²) < 4.78 is 5.32. The Morgan fingerprint density at radius 2 is 2.00 bits per heavy atom. The highest BCUT2D eigenvalue weighted by molar-refractivity contribution is 6.33. The maximum Gasteiger partial charge on any atom is 0.123 e. The molecule has 4 heteroatoms. The van der Waals surface area contributed by atoms with E-state index in [1.807, 2.05) is 43.3 Å². The van der Waals surface area contributed by atoms with E-state index in [9.17, 15) is 0 Å². The van der Waals surface area contributed by atoms with Crippen LogP contribution in [0.5, 0.6) is 5.75 Å². The highest BCUT2D eigenvalue weighted by Crippen LogP contribution is 2.27. The molecule has 0 aliphatic heterocycles. The summed E-state index contributed by atoms with van der Waals surface area (Å²) in [5, 5.41) is 3.92. The molecule has 100 valence electrons. The standard InChI is InChI=1S/C15H17ClN2O/c1-10-7-13(17)12(16)8-14(10)18-9-11-5-3-4-6-15(11)19-2/h3-8,18H,9,17H2,1-2H3. The van der Waals surface area contributed by atoms with Crippen LogP contribution < -0.4 is 15.8 Å². The quantitative estimate of drug-likeness (QED) is 0.834. The predicted molar refractivity (Wildman–Crippen MR) is 80.9 cm³/mol. The summed E-state index contributed by atoms with van der Waals surface area (Å²) in [4.78, 5) is 0. The summed E-state index contributed by atoms with van der Waals surface area (Å²) in [6, 6.07) is 11.6. The number of halogens is 1. The fourth-order valence-corrected chi connectivity index (χ4v) is 2.10. The Labute approximate surface area is 118 Å².